The van der Waals surface area contributed by atoms with Crippen LogP contribution in [0.3, 0.4) is 0 Å². The van der Waals surface area contributed by atoms with Crippen molar-refractivity contribution in [3.8, 4) is 5.75 Å². The van der Waals surface area contributed by atoms with E-state index in [2.05, 4.69) is 15.9 Å². The van der Waals surface area contributed by atoms with Crippen LogP contribution in [0.2, 0.25) is 0 Å². The second kappa shape index (κ2) is 4.75. The van der Waals surface area contributed by atoms with Crippen LogP contribution in [0.1, 0.15) is 18.1 Å². The first kappa shape index (κ1) is 13.4. The minimum atomic E-state index is -3.10. The Bertz CT molecular complexity index is 615. The average molecular weight is 346 g/mol. The summed E-state index contributed by atoms with van der Waals surface area (Å²) in [5.41, 5.74) is 2.12. The Hall–Kier alpha value is -0.590. The summed E-state index contributed by atoms with van der Waals surface area (Å²) in [5, 5.41) is 0. The van der Waals surface area contributed by atoms with Crippen LogP contribution >= 0.6 is 15.9 Å². The van der Waals surface area contributed by atoms with Crippen LogP contribution in [0.25, 0.3) is 0 Å². The highest BCUT2D eigenvalue weighted by Crippen LogP contribution is 2.35. The average Bonchev–Trinajstić information content (AvgIpc) is 2.83. The van der Waals surface area contributed by atoms with E-state index in [0.29, 0.717) is 19.7 Å². The third-order valence-electron chi connectivity index (χ3n) is 3.58. The lowest BCUT2D eigenvalue weighted by atomic mass is 10.1. The van der Waals surface area contributed by atoms with Crippen LogP contribution in [0.4, 0.5) is 0 Å². The van der Waals surface area contributed by atoms with Gasteiger partial charge >= 0.3 is 0 Å². The van der Waals surface area contributed by atoms with Crippen LogP contribution in [-0.2, 0) is 23.0 Å². The molecule has 4 nitrogen and oxygen atoms in total. The molecule has 6 heteroatoms. The highest BCUT2D eigenvalue weighted by molar-refractivity contribution is 9.10. The third kappa shape index (κ3) is 2.53. The molecule has 3 rings (SSSR count). The molecule has 104 valence electrons. The molecule has 0 saturated carbocycles. The van der Waals surface area contributed by atoms with Gasteiger partial charge in [0.15, 0.2) is 0 Å². The molecule has 1 saturated heterocycles. The lowest BCUT2D eigenvalue weighted by molar-refractivity contribution is 0.344. The minimum Gasteiger partial charge on any atom is -0.493 e. The first-order valence-corrected chi connectivity index (χ1v) is 8.78. The Balaban J connectivity index is 1.92. The van der Waals surface area contributed by atoms with Crippen molar-refractivity contribution >= 4 is 26.0 Å². The third-order valence-corrected chi connectivity index (χ3v) is 6.09. The van der Waals surface area contributed by atoms with Gasteiger partial charge in [-0.05, 0) is 23.6 Å². The second-order valence-electron chi connectivity index (χ2n) is 5.33. The van der Waals surface area contributed by atoms with Crippen molar-refractivity contribution in [1.29, 1.82) is 0 Å². The standard InChI is InChI=1S/C13H16BrNO3S/c1-9-6-15(19(16,17)8-9)7-11-5-12(14)4-10-2-3-18-13(10)11/h4-5,9H,2-3,6-8H2,1H3. The Kier molecular flexibility index (Phi) is 3.35. The van der Waals surface area contributed by atoms with Gasteiger partial charge in [-0.2, -0.15) is 4.31 Å². The molecule has 0 bridgehead atoms. The van der Waals surface area contributed by atoms with E-state index in [1.54, 1.807) is 4.31 Å². The highest BCUT2D eigenvalue weighted by atomic mass is 79.9. The molecular weight excluding hydrogens is 330 g/mol. The Morgan fingerprint density at radius 2 is 2.26 bits per heavy atom. The van der Waals surface area contributed by atoms with Gasteiger partial charge in [-0.1, -0.05) is 22.9 Å². The molecule has 2 heterocycles. The van der Waals surface area contributed by atoms with Crippen LogP contribution in [0.5, 0.6) is 5.75 Å². The van der Waals surface area contributed by atoms with Gasteiger partial charge in [0, 0.05) is 29.5 Å². The summed E-state index contributed by atoms with van der Waals surface area (Å²) in [4.78, 5) is 0. The fraction of sp³-hybridized carbons (Fsp3) is 0.538. The van der Waals surface area contributed by atoms with Crippen molar-refractivity contribution in [3.05, 3.63) is 27.7 Å². The first-order chi connectivity index (χ1) is 8.95. The molecule has 0 aliphatic carbocycles. The van der Waals surface area contributed by atoms with Gasteiger partial charge in [0.2, 0.25) is 10.0 Å². The summed E-state index contributed by atoms with van der Waals surface area (Å²) in [6.07, 6.45) is 0.894. The largest absolute Gasteiger partial charge is 0.493 e. The molecule has 0 N–H and O–H groups in total. The molecular formula is C13H16BrNO3S. The molecule has 1 atom stereocenters. The van der Waals surface area contributed by atoms with E-state index >= 15 is 0 Å². The first-order valence-electron chi connectivity index (χ1n) is 6.37. The molecule has 0 aromatic heterocycles. The summed E-state index contributed by atoms with van der Waals surface area (Å²) in [6, 6.07) is 4.01. The van der Waals surface area contributed by atoms with Crippen molar-refractivity contribution in [3.63, 3.8) is 0 Å². The van der Waals surface area contributed by atoms with Gasteiger partial charge in [0.25, 0.3) is 0 Å². The predicted molar refractivity (Wildman–Crippen MR) is 76.7 cm³/mol. The maximum absolute atomic E-state index is 12.0. The highest BCUT2D eigenvalue weighted by Gasteiger charge is 2.34. The van der Waals surface area contributed by atoms with Crippen LogP contribution in [0, 0.1) is 5.92 Å². The Labute approximate surface area is 121 Å². The molecule has 1 fully saturated rings. The fourth-order valence-corrected chi connectivity index (χ4v) is 5.20. The molecule has 1 aromatic rings. The quantitative estimate of drug-likeness (QED) is 0.825. The number of halogens is 1. The van der Waals surface area contributed by atoms with Crippen molar-refractivity contribution in [2.75, 3.05) is 18.9 Å². The molecule has 2 aliphatic rings. The van der Waals surface area contributed by atoms with Gasteiger partial charge in [0.05, 0.1) is 12.4 Å². The summed E-state index contributed by atoms with van der Waals surface area (Å²) >= 11 is 3.48. The maximum Gasteiger partial charge on any atom is 0.214 e. The van der Waals surface area contributed by atoms with E-state index in [4.69, 9.17) is 4.74 Å². The number of ether oxygens (including phenoxy) is 1. The number of fused-ring (bicyclic) bond motifs is 1. The zero-order valence-electron chi connectivity index (χ0n) is 10.7. The number of hydrogen-bond donors (Lipinski definition) is 0. The van der Waals surface area contributed by atoms with Crippen molar-refractivity contribution < 1.29 is 13.2 Å². The Morgan fingerprint density at radius 3 is 2.95 bits per heavy atom. The fourth-order valence-electron chi connectivity index (χ4n) is 2.80. The number of benzene rings is 1. The van der Waals surface area contributed by atoms with Crippen molar-refractivity contribution in [1.82, 2.24) is 4.31 Å². The molecule has 19 heavy (non-hydrogen) atoms. The number of nitrogens with zero attached hydrogens (tertiary/aromatic N) is 1. The summed E-state index contributed by atoms with van der Waals surface area (Å²) in [7, 11) is -3.10. The van der Waals surface area contributed by atoms with Gasteiger partial charge < -0.3 is 4.74 Å². The molecule has 1 aromatic carbocycles. The SMILES string of the molecule is CC1CN(Cc2cc(Br)cc3c2OCC3)S(=O)(=O)C1. The van der Waals surface area contributed by atoms with E-state index in [-0.39, 0.29) is 11.7 Å². The van der Waals surface area contributed by atoms with Crippen molar-refractivity contribution in [2.24, 2.45) is 5.92 Å². The van der Waals surface area contributed by atoms with Crippen LogP contribution in [-0.4, -0.2) is 31.6 Å². The lowest BCUT2D eigenvalue weighted by Crippen LogP contribution is -2.25. The van der Waals surface area contributed by atoms with E-state index in [1.807, 2.05) is 19.1 Å². The monoisotopic (exact) mass is 345 g/mol. The van der Waals surface area contributed by atoms with E-state index in [0.717, 1.165) is 27.8 Å². The molecule has 1 unspecified atom stereocenters. The van der Waals surface area contributed by atoms with Gasteiger partial charge in [0.1, 0.15) is 5.75 Å². The Morgan fingerprint density at radius 1 is 1.47 bits per heavy atom. The van der Waals surface area contributed by atoms with E-state index in [1.165, 1.54) is 0 Å². The zero-order valence-corrected chi connectivity index (χ0v) is 13.1. The normalized spacial score (nSPS) is 25.3. The zero-order chi connectivity index (χ0) is 13.6. The molecule has 0 amide bonds. The molecule has 0 radical (unpaired) electrons. The smallest absolute Gasteiger partial charge is 0.214 e. The van der Waals surface area contributed by atoms with Gasteiger partial charge in [-0.3, -0.25) is 0 Å². The molecule has 2 aliphatic heterocycles. The topological polar surface area (TPSA) is 46.6 Å². The summed E-state index contributed by atoms with van der Waals surface area (Å²) in [5.74, 6) is 1.33. The predicted octanol–water partition coefficient (Wildman–Crippen LogP) is 2.17. The van der Waals surface area contributed by atoms with Crippen molar-refractivity contribution in [2.45, 2.75) is 19.9 Å². The van der Waals surface area contributed by atoms with Crippen LogP contribution in [0.15, 0.2) is 16.6 Å². The van der Waals surface area contributed by atoms with Gasteiger partial charge in [-0.25, -0.2) is 8.42 Å². The number of rotatable bonds is 2. The lowest BCUT2D eigenvalue weighted by Gasteiger charge is -2.17. The van der Waals surface area contributed by atoms with Gasteiger partial charge in [-0.15, -0.1) is 0 Å². The van der Waals surface area contributed by atoms with E-state index in [9.17, 15) is 8.42 Å². The summed E-state index contributed by atoms with van der Waals surface area (Å²) in [6.45, 7) is 3.67. The van der Waals surface area contributed by atoms with E-state index < -0.39 is 10.0 Å². The molecule has 0 spiro atoms. The minimum absolute atomic E-state index is 0.200. The number of hydrogen-bond acceptors (Lipinski definition) is 3. The summed E-state index contributed by atoms with van der Waals surface area (Å²) < 4.78 is 32.3. The maximum atomic E-state index is 12.0. The van der Waals surface area contributed by atoms with Crippen LogP contribution < -0.4 is 4.74 Å². The second-order valence-corrected chi connectivity index (χ2v) is 8.26. The number of sulfonamides is 1.